The van der Waals surface area contributed by atoms with Crippen LogP contribution in [-0.2, 0) is 6.42 Å². The highest BCUT2D eigenvalue weighted by molar-refractivity contribution is 7.99. The van der Waals surface area contributed by atoms with Crippen LogP contribution < -0.4 is 0 Å². The monoisotopic (exact) mass is 289 g/mol. The Kier molecular flexibility index (Phi) is 8.03. The van der Waals surface area contributed by atoms with Crippen molar-refractivity contribution in [2.45, 2.75) is 56.1 Å². The molecule has 1 aromatic rings. The minimum Gasteiger partial charge on any atom is -0.206 e. The van der Waals surface area contributed by atoms with E-state index in [4.69, 9.17) is 0 Å². The molecule has 1 aromatic carbocycles. The van der Waals surface area contributed by atoms with E-state index in [2.05, 4.69) is 13.3 Å². The van der Waals surface area contributed by atoms with E-state index in [9.17, 15) is 13.2 Å². The van der Waals surface area contributed by atoms with Crippen LogP contribution in [0.3, 0.4) is 0 Å². The van der Waals surface area contributed by atoms with Crippen molar-refractivity contribution < 1.29 is 13.2 Å². The molecule has 0 aromatic heterocycles. The molecule has 0 aliphatic heterocycles. The lowest BCUT2D eigenvalue weighted by atomic mass is 10.0. The number of hydrogen-bond donors (Lipinski definition) is 0. The fourth-order valence-corrected chi connectivity index (χ4v) is 2.34. The Labute approximate surface area is 117 Å². The summed E-state index contributed by atoms with van der Waals surface area (Å²) < 4.78 is 37.8. The predicted molar refractivity (Wildman–Crippen MR) is 75.0 cm³/mol. The Morgan fingerprint density at radius 1 is 1.21 bits per heavy atom. The van der Waals surface area contributed by atoms with E-state index in [1.165, 1.54) is 25.0 Å². The van der Waals surface area contributed by atoms with Crippen molar-refractivity contribution in [3.63, 3.8) is 0 Å². The zero-order chi connectivity index (χ0) is 14.1. The molecule has 0 atom stereocenters. The second-order valence-electron chi connectivity index (χ2n) is 4.47. The Morgan fingerprint density at radius 3 is 2.58 bits per heavy atom. The summed E-state index contributed by atoms with van der Waals surface area (Å²) in [4.78, 5) is 0.0215. The minimum absolute atomic E-state index is 0.0215. The predicted octanol–water partition coefficient (Wildman–Crippen LogP) is 5.86. The lowest BCUT2D eigenvalue weighted by Gasteiger charge is -2.05. The van der Waals surface area contributed by atoms with Gasteiger partial charge in [0.15, 0.2) is 0 Å². The standard InChI is InChI=1S/C15H20F3S/c1-2-3-4-5-6-7-8-12-9-10-14(13(16)11-12)19-15(17)18/h5,9-11,15H,2-4,6-8H2,1H3. The summed E-state index contributed by atoms with van der Waals surface area (Å²) in [6, 6.07) is 4.55. The highest BCUT2D eigenvalue weighted by atomic mass is 32.2. The fourth-order valence-electron chi connectivity index (χ4n) is 1.83. The molecule has 0 nitrogen and oxygen atoms in total. The van der Waals surface area contributed by atoms with Gasteiger partial charge in [0.25, 0.3) is 5.76 Å². The summed E-state index contributed by atoms with van der Waals surface area (Å²) >= 11 is 0.257. The SMILES string of the molecule is CCCC[CH]CCCc1ccc(SC(F)F)c(F)c1. The van der Waals surface area contributed by atoms with Crippen molar-refractivity contribution in [2.24, 2.45) is 0 Å². The fraction of sp³-hybridized carbons (Fsp3) is 0.533. The maximum atomic E-state index is 13.5. The lowest BCUT2D eigenvalue weighted by molar-refractivity contribution is 0.251. The molecule has 0 spiro atoms. The maximum Gasteiger partial charge on any atom is 0.289 e. The molecule has 0 unspecified atom stereocenters. The van der Waals surface area contributed by atoms with Gasteiger partial charge in [-0.1, -0.05) is 44.0 Å². The van der Waals surface area contributed by atoms with Crippen LogP contribution in [0.5, 0.6) is 0 Å². The number of halogens is 3. The average molecular weight is 289 g/mol. The number of aryl methyl sites for hydroxylation is 1. The van der Waals surface area contributed by atoms with Gasteiger partial charge in [0, 0.05) is 4.90 Å². The van der Waals surface area contributed by atoms with Crippen LogP contribution in [-0.4, -0.2) is 5.76 Å². The molecular formula is C15H20F3S. The number of benzene rings is 1. The molecule has 0 aliphatic rings. The van der Waals surface area contributed by atoms with Crippen molar-refractivity contribution in [1.82, 2.24) is 0 Å². The molecule has 1 rings (SSSR count). The zero-order valence-electron chi connectivity index (χ0n) is 11.2. The smallest absolute Gasteiger partial charge is 0.206 e. The highest BCUT2D eigenvalue weighted by Gasteiger charge is 2.10. The molecule has 0 N–H and O–H groups in total. The van der Waals surface area contributed by atoms with E-state index in [0.29, 0.717) is 0 Å². The van der Waals surface area contributed by atoms with Gasteiger partial charge in [-0.3, -0.25) is 0 Å². The molecule has 0 fully saturated rings. The van der Waals surface area contributed by atoms with Gasteiger partial charge in [-0.2, -0.15) is 8.78 Å². The first-order valence-electron chi connectivity index (χ1n) is 6.68. The van der Waals surface area contributed by atoms with Crippen molar-refractivity contribution in [2.75, 3.05) is 0 Å². The van der Waals surface area contributed by atoms with E-state index >= 15 is 0 Å². The van der Waals surface area contributed by atoms with Crippen molar-refractivity contribution in [3.05, 3.63) is 36.0 Å². The summed E-state index contributed by atoms with van der Waals surface area (Å²) in [6.07, 6.45) is 8.60. The van der Waals surface area contributed by atoms with Crippen LogP contribution in [0.15, 0.2) is 23.1 Å². The van der Waals surface area contributed by atoms with Gasteiger partial charge in [-0.15, -0.1) is 0 Å². The summed E-state index contributed by atoms with van der Waals surface area (Å²) in [5.74, 6) is -3.12. The topological polar surface area (TPSA) is 0 Å². The van der Waals surface area contributed by atoms with E-state index in [-0.39, 0.29) is 16.7 Å². The summed E-state index contributed by atoms with van der Waals surface area (Å²) in [5, 5.41) is 0. The number of alkyl halides is 2. The molecule has 4 heteroatoms. The Bertz CT molecular complexity index is 366. The van der Waals surface area contributed by atoms with Crippen LogP contribution in [0.25, 0.3) is 0 Å². The molecular weight excluding hydrogens is 269 g/mol. The molecule has 0 saturated carbocycles. The Morgan fingerprint density at radius 2 is 1.95 bits per heavy atom. The quantitative estimate of drug-likeness (QED) is 0.405. The van der Waals surface area contributed by atoms with E-state index in [1.54, 1.807) is 6.07 Å². The van der Waals surface area contributed by atoms with Crippen molar-refractivity contribution in [3.8, 4) is 0 Å². The van der Waals surface area contributed by atoms with E-state index in [1.807, 2.05) is 0 Å². The average Bonchev–Trinajstić information content (AvgIpc) is 2.36. The Hall–Kier alpha value is -0.640. The number of thioether (sulfide) groups is 1. The van der Waals surface area contributed by atoms with Gasteiger partial charge in [0.1, 0.15) is 5.82 Å². The first-order chi connectivity index (χ1) is 9.13. The normalized spacial score (nSPS) is 11.2. The zero-order valence-corrected chi connectivity index (χ0v) is 12.0. The maximum absolute atomic E-state index is 13.5. The third-order valence-electron chi connectivity index (χ3n) is 2.85. The molecule has 107 valence electrons. The molecule has 0 saturated heterocycles. The molecule has 0 bridgehead atoms. The van der Waals surface area contributed by atoms with Crippen LogP contribution in [0.1, 0.15) is 44.6 Å². The molecule has 0 amide bonds. The summed E-state index contributed by atoms with van der Waals surface area (Å²) in [5.41, 5.74) is 0.875. The van der Waals surface area contributed by atoms with Crippen LogP contribution >= 0.6 is 11.8 Å². The van der Waals surface area contributed by atoms with E-state index < -0.39 is 11.6 Å². The second-order valence-corrected chi connectivity index (χ2v) is 5.50. The van der Waals surface area contributed by atoms with Crippen LogP contribution in [0.2, 0.25) is 0 Å². The third-order valence-corrected chi connectivity index (χ3v) is 3.61. The van der Waals surface area contributed by atoms with Crippen molar-refractivity contribution in [1.29, 1.82) is 0 Å². The first-order valence-corrected chi connectivity index (χ1v) is 7.56. The first kappa shape index (κ1) is 16.4. The molecule has 19 heavy (non-hydrogen) atoms. The van der Waals surface area contributed by atoms with Crippen LogP contribution in [0.4, 0.5) is 13.2 Å². The lowest BCUT2D eigenvalue weighted by Crippen LogP contribution is -1.91. The minimum atomic E-state index is -2.58. The largest absolute Gasteiger partial charge is 0.289 e. The molecule has 0 heterocycles. The third kappa shape index (κ3) is 6.90. The molecule has 1 radical (unpaired) electrons. The van der Waals surface area contributed by atoms with Gasteiger partial charge < -0.3 is 0 Å². The second kappa shape index (κ2) is 9.29. The summed E-state index contributed by atoms with van der Waals surface area (Å²) in [6.45, 7) is 2.16. The Balaban J connectivity index is 2.33. The number of unbranched alkanes of at least 4 members (excludes halogenated alkanes) is 5. The number of rotatable bonds is 9. The van der Waals surface area contributed by atoms with Gasteiger partial charge in [0.2, 0.25) is 0 Å². The highest BCUT2D eigenvalue weighted by Crippen LogP contribution is 2.28. The van der Waals surface area contributed by atoms with Gasteiger partial charge in [-0.25, -0.2) is 4.39 Å². The van der Waals surface area contributed by atoms with Crippen molar-refractivity contribution >= 4 is 11.8 Å². The summed E-state index contributed by atoms with van der Waals surface area (Å²) in [7, 11) is 0. The molecule has 0 aliphatic carbocycles. The van der Waals surface area contributed by atoms with Gasteiger partial charge in [-0.05, 0) is 43.4 Å². The van der Waals surface area contributed by atoms with Gasteiger partial charge >= 0.3 is 0 Å². The number of hydrogen-bond acceptors (Lipinski definition) is 1. The van der Waals surface area contributed by atoms with Crippen LogP contribution in [0, 0.1) is 12.2 Å². The van der Waals surface area contributed by atoms with Gasteiger partial charge in [0.05, 0.1) is 0 Å². The van der Waals surface area contributed by atoms with E-state index in [0.717, 1.165) is 31.2 Å².